The van der Waals surface area contributed by atoms with Crippen molar-refractivity contribution in [1.82, 2.24) is 5.32 Å². The first-order chi connectivity index (χ1) is 5.70. The first-order valence-electron chi connectivity index (χ1n) is 4.11. The molecule has 4 unspecified atom stereocenters. The zero-order valence-corrected chi connectivity index (χ0v) is 6.85. The molecule has 0 bridgehead atoms. The number of hydrogen-bond acceptors (Lipinski definition) is 5. The van der Waals surface area contributed by atoms with Gasteiger partial charge in [-0.15, -0.1) is 0 Å². The van der Waals surface area contributed by atoms with Gasteiger partial charge in [-0.25, -0.2) is 0 Å². The van der Waals surface area contributed by atoms with Crippen LogP contribution in [0.5, 0.6) is 0 Å². The fraction of sp³-hybridized carbons (Fsp3) is 1.00. The second kappa shape index (κ2) is 4.15. The van der Waals surface area contributed by atoms with Crippen LogP contribution in [0.3, 0.4) is 0 Å². The molecule has 0 aromatic rings. The summed E-state index contributed by atoms with van der Waals surface area (Å²) >= 11 is 0. The lowest BCUT2D eigenvalue weighted by Crippen LogP contribution is -2.59. The molecule has 12 heavy (non-hydrogen) atoms. The minimum absolute atomic E-state index is 0.122. The maximum absolute atomic E-state index is 9.46. The highest BCUT2D eigenvalue weighted by atomic mass is 16.3. The number of nitrogens with one attached hydrogen (secondary N) is 1. The van der Waals surface area contributed by atoms with E-state index in [0.29, 0.717) is 13.1 Å². The van der Waals surface area contributed by atoms with E-state index >= 15 is 0 Å². The smallest absolute Gasteiger partial charge is 0.0977 e. The monoisotopic (exact) mass is 176 g/mol. The highest BCUT2D eigenvalue weighted by Gasteiger charge is 2.35. The molecule has 1 saturated heterocycles. The summed E-state index contributed by atoms with van der Waals surface area (Å²) in [5, 5.41) is 30.6. The number of aliphatic hydroxyl groups excluding tert-OH is 3. The standard InChI is InChI=1S/C7H16N2O3/c8-1-4-2-9-5(3-10)7(12)6(4)11/h4-7,9-12H,1-3,8H2. The minimum atomic E-state index is -0.919. The van der Waals surface area contributed by atoms with E-state index in [1.54, 1.807) is 0 Å². The maximum Gasteiger partial charge on any atom is 0.0977 e. The van der Waals surface area contributed by atoms with Gasteiger partial charge in [0.2, 0.25) is 0 Å². The lowest BCUT2D eigenvalue weighted by Gasteiger charge is -2.37. The van der Waals surface area contributed by atoms with Gasteiger partial charge in [-0.1, -0.05) is 0 Å². The van der Waals surface area contributed by atoms with Gasteiger partial charge in [-0.05, 0) is 6.54 Å². The van der Waals surface area contributed by atoms with Crippen molar-refractivity contribution in [3.8, 4) is 0 Å². The summed E-state index contributed by atoms with van der Waals surface area (Å²) in [5.41, 5.74) is 5.37. The van der Waals surface area contributed by atoms with E-state index in [9.17, 15) is 10.2 Å². The van der Waals surface area contributed by atoms with Crippen molar-refractivity contribution in [2.24, 2.45) is 11.7 Å². The quantitative estimate of drug-likeness (QED) is 0.314. The Hall–Kier alpha value is -0.200. The zero-order valence-electron chi connectivity index (χ0n) is 6.85. The molecule has 0 aromatic carbocycles. The topological polar surface area (TPSA) is 98.7 Å². The van der Waals surface area contributed by atoms with Crippen LogP contribution in [0.25, 0.3) is 0 Å². The van der Waals surface area contributed by atoms with Gasteiger partial charge in [-0.3, -0.25) is 0 Å². The Bertz CT molecular complexity index is 129. The maximum atomic E-state index is 9.46. The molecule has 0 radical (unpaired) electrons. The van der Waals surface area contributed by atoms with Crippen molar-refractivity contribution in [3.63, 3.8) is 0 Å². The van der Waals surface area contributed by atoms with Gasteiger partial charge in [0.15, 0.2) is 0 Å². The molecule has 1 aliphatic rings. The third-order valence-corrected chi connectivity index (χ3v) is 2.39. The predicted molar refractivity (Wildman–Crippen MR) is 43.4 cm³/mol. The first kappa shape index (κ1) is 9.88. The molecule has 4 atom stereocenters. The van der Waals surface area contributed by atoms with E-state index in [2.05, 4.69) is 5.32 Å². The van der Waals surface area contributed by atoms with Gasteiger partial charge >= 0.3 is 0 Å². The SMILES string of the molecule is NCC1CNC(CO)C(O)C1O. The van der Waals surface area contributed by atoms with Crippen LogP contribution in [0.15, 0.2) is 0 Å². The number of piperidine rings is 1. The number of nitrogens with two attached hydrogens (primary N) is 1. The molecule has 5 heteroatoms. The molecule has 72 valence electrons. The van der Waals surface area contributed by atoms with Crippen LogP contribution in [0, 0.1) is 5.92 Å². The lowest BCUT2D eigenvalue weighted by molar-refractivity contribution is -0.0660. The second-order valence-electron chi connectivity index (χ2n) is 3.17. The largest absolute Gasteiger partial charge is 0.395 e. The molecule has 0 aromatic heterocycles. The van der Waals surface area contributed by atoms with Crippen LogP contribution in [-0.2, 0) is 0 Å². The Balaban J connectivity index is 2.52. The Kier molecular flexibility index (Phi) is 3.42. The molecule has 1 fully saturated rings. The molecule has 1 aliphatic heterocycles. The van der Waals surface area contributed by atoms with Crippen LogP contribution in [0.1, 0.15) is 0 Å². The highest BCUT2D eigenvalue weighted by molar-refractivity contribution is 4.91. The summed E-state index contributed by atoms with van der Waals surface area (Å²) < 4.78 is 0. The lowest BCUT2D eigenvalue weighted by atomic mass is 9.89. The average Bonchev–Trinajstić information content (AvgIpc) is 2.10. The molecule has 6 N–H and O–H groups in total. The summed E-state index contributed by atoms with van der Waals surface area (Å²) in [6.45, 7) is 0.707. The molecular formula is C7H16N2O3. The van der Waals surface area contributed by atoms with Crippen LogP contribution < -0.4 is 11.1 Å². The fourth-order valence-electron chi connectivity index (χ4n) is 1.46. The van der Waals surface area contributed by atoms with Gasteiger partial charge in [0.1, 0.15) is 0 Å². The van der Waals surface area contributed by atoms with Crippen LogP contribution in [-0.4, -0.2) is 53.3 Å². The second-order valence-corrected chi connectivity index (χ2v) is 3.17. The molecule has 0 aliphatic carbocycles. The van der Waals surface area contributed by atoms with Gasteiger partial charge < -0.3 is 26.4 Å². The minimum Gasteiger partial charge on any atom is -0.395 e. The van der Waals surface area contributed by atoms with Gasteiger partial charge in [0, 0.05) is 12.5 Å². The van der Waals surface area contributed by atoms with Gasteiger partial charge in [0.05, 0.1) is 24.9 Å². The van der Waals surface area contributed by atoms with E-state index in [-0.39, 0.29) is 12.5 Å². The third kappa shape index (κ3) is 1.75. The normalized spacial score (nSPS) is 43.0. The van der Waals surface area contributed by atoms with Crippen LogP contribution >= 0.6 is 0 Å². The Morgan fingerprint density at radius 3 is 2.50 bits per heavy atom. The van der Waals surface area contributed by atoms with Crippen molar-refractivity contribution in [2.75, 3.05) is 19.7 Å². The Morgan fingerprint density at radius 1 is 1.33 bits per heavy atom. The summed E-state index contributed by atoms with van der Waals surface area (Å²) in [7, 11) is 0. The third-order valence-electron chi connectivity index (χ3n) is 2.39. The van der Waals surface area contributed by atoms with Gasteiger partial charge in [0.25, 0.3) is 0 Å². The Morgan fingerprint density at radius 2 is 2.00 bits per heavy atom. The van der Waals surface area contributed by atoms with Crippen molar-refractivity contribution < 1.29 is 15.3 Å². The van der Waals surface area contributed by atoms with Gasteiger partial charge in [-0.2, -0.15) is 0 Å². The van der Waals surface area contributed by atoms with E-state index in [4.69, 9.17) is 10.8 Å². The van der Waals surface area contributed by atoms with Crippen LogP contribution in [0.4, 0.5) is 0 Å². The molecule has 0 saturated carbocycles. The van der Waals surface area contributed by atoms with E-state index in [1.807, 2.05) is 0 Å². The van der Waals surface area contributed by atoms with E-state index < -0.39 is 18.2 Å². The molecule has 5 nitrogen and oxygen atoms in total. The van der Waals surface area contributed by atoms with Crippen molar-refractivity contribution >= 4 is 0 Å². The summed E-state index contributed by atoms with van der Waals surface area (Å²) in [6.07, 6.45) is -1.74. The number of aliphatic hydroxyl groups is 3. The predicted octanol–water partition coefficient (Wildman–Crippen LogP) is -2.75. The molecular weight excluding hydrogens is 160 g/mol. The zero-order chi connectivity index (χ0) is 9.14. The molecule has 0 spiro atoms. The fourth-order valence-corrected chi connectivity index (χ4v) is 1.46. The number of hydrogen-bond donors (Lipinski definition) is 5. The molecule has 0 amide bonds. The highest BCUT2D eigenvalue weighted by Crippen LogP contribution is 2.14. The van der Waals surface area contributed by atoms with Crippen molar-refractivity contribution in [2.45, 2.75) is 18.2 Å². The van der Waals surface area contributed by atoms with Crippen LogP contribution in [0.2, 0.25) is 0 Å². The van der Waals surface area contributed by atoms with E-state index in [0.717, 1.165) is 0 Å². The summed E-state index contributed by atoms with van der Waals surface area (Å²) in [6, 6.07) is -0.428. The van der Waals surface area contributed by atoms with Crippen molar-refractivity contribution in [3.05, 3.63) is 0 Å². The molecule has 1 rings (SSSR count). The molecule has 1 heterocycles. The van der Waals surface area contributed by atoms with Crippen molar-refractivity contribution in [1.29, 1.82) is 0 Å². The van der Waals surface area contributed by atoms with E-state index in [1.165, 1.54) is 0 Å². The Labute approximate surface area is 71.2 Å². The first-order valence-corrected chi connectivity index (χ1v) is 4.11. The number of rotatable bonds is 2. The average molecular weight is 176 g/mol. The summed E-state index contributed by atoms with van der Waals surface area (Å²) in [4.78, 5) is 0. The summed E-state index contributed by atoms with van der Waals surface area (Å²) in [5.74, 6) is -0.122.